The second kappa shape index (κ2) is 6.03. The summed E-state index contributed by atoms with van der Waals surface area (Å²) in [4.78, 5) is 22.4. The second-order valence-electron chi connectivity index (χ2n) is 5.34. The van der Waals surface area contributed by atoms with Crippen LogP contribution in [0.1, 0.15) is 37.7 Å². The minimum atomic E-state index is -0.860. The molecule has 0 aliphatic heterocycles. The fourth-order valence-corrected chi connectivity index (χ4v) is 2.33. The van der Waals surface area contributed by atoms with Gasteiger partial charge in [-0.2, -0.15) is 0 Å². The van der Waals surface area contributed by atoms with Gasteiger partial charge in [0.1, 0.15) is 5.82 Å². The van der Waals surface area contributed by atoms with Crippen LogP contribution >= 0.6 is 0 Å². The maximum Gasteiger partial charge on any atom is 0.303 e. The molecule has 0 spiro atoms. The molecule has 4 nitrogen and oxygen atoms in total. The van der Waals surface area contributed by atoms with Crippen molar-refractivity contribution in [3.05, 3.63) is 35.6 Å². The van der Waals surface area contributed by atoms with E-state index in [1.807, 2.05) is 0 Å². The molecular weight excluding hydrogens is 261 g/mol. The van der Waals surface area contributed by atoms with Gasteiger partial charge in [-0.3, -0.25) is 9.59 Å². The minimum absolute atomic E-state index is 0.0442. The average Bonchev–Trinajstić information content (AvgIpc) is 3.17. The number of nitrogens with one attached hydrogen (secondary N) is 1. The van der Waals surface area contributed by atoms with E-state index in [1.165, 1.54) is 12.1 Å². The number of amides is 1. The number of rotatable bonds is 6. The number of halogens is 1. The zero-order valence-electron chi connectivity index (χ0n) is 11.3. The van der Waals surface area contributed by atoms with Crippen LogP contribution in [0.2, 0.25) is 0 Å². The largest absolute Gasteiger partial charge is 0.481 e. The normalized spacial score (nSPS) is 22.1. The summed E-state index contributed by atoms with van der Waals surface area (Å²) in [5.74, 6) is -1.10. The van der Waals surface area contributed by atoms with E-state index < -0.39 is 5.97 Å². The van der Waals surface area contributed by atoms with Crippen molar-refractivity contribution in [2.45, 2.75) is 38.1 Å². The Morgan fingerprint density at radius 3 is 2.65 bits per heavy atom. The molecule has 0 radical (unpaired) electrons. The van der Waals surface area contributed by atoms with Crippen molar-refractivity contribution in [2.24, 2.45) is 5.92 Å². The molecule has 0 saturated heterocycles. The summed E-state index contributed by atoms with van der Waals surface area (Å²) in [6, 6.07) is 6.08. The van der Waals surface area contributed by atoms with Crippen molar-refractivity contribution in [1.29, 1.82) is 0 Å². The number of hydrogen-bond acceptors (Lipinski definition) is 2. The van der Waals surface area contributed by atoms with Gasteiger partial charge in [0.05, 0.1) is 0 Å². The minimum Gasteiger partial charge on any atom is -0.481 e. The SMILES string of the molecule is CC(CCC(=O)O)NC(=O)C1CC1c1ccc(F)cc1. The van der Waals surface area contributed by atoms with Crippen LogP contribution in [0.4, 0.5) is 4.39 Å². The first-order valence-electron chi connectivity index (χ1n) is 6.75. The van der Waals surface area contributed by atoms with Crippen molar-refractivity contribution >= 4 is 11.9 Å². The van der Waals surface area contributed by atoms with Crippen LogP contribution in [-0.2, 0) is 9.59 Å². The van der Waals surface area contributed by atoms with Crippen LogP contribution in [-0.4, -0.2) is 23.0 Å². The van der Waals surface area contributed by atoms with Gasteiger partial charge in [0.25, 0.3) is 0 Å². The molecule has 1 aliphatic carbocycles. The van der Waals surface area contributed by atoms with Crippen LogP contribution in [0.3, 0.4) is 0 Å². The molecule has 108 valence electrons. The van der Waals surface area contributed by atoms with E-state index in [-0.39, 0.29) is 36.0 Å². The maximum absolute atomic E-state index is 12.8. The van der Waals surface area contributed by atoms with Gasteiger partial charge in [0.2, 0.25) is 5.91 Å². The number of hydrogen-bond donors (Lipinski definition) is 2. The van der Waals surface area contributed by atoms with Crippen LogP contribution in [0.15, 0.2) is 24.3 Å². The Kier molecular flexibility index (Phi) is 4.37. The summed E-state index contributed by atoms with van der Waals surface area (Å²) in [7, 11) is 0. The molecule has 1 amide bonds. The van der Waals surface area contributed by atoms with Gasteiger partial charge < -0.3 is 10.4 Å². The molecule has 5 heteroatoms. The first-order chi connectivity index (χ1) is 9.47. The number of carbonyl (C=O) groups is 2. The Hall–Kier alpha value is -1.91. The fourth-order valence-electron chi connectivity index (χ4n) is 2.33. The van der Waals surface area contributed by atoms with Crippen molar-refractivity contribution in [1.82, 2.24) is 5.32 Å². The molecule has 1 aromatic rings. The Balaban J connectivity index is 1.81. The molecule has 3 atom stereocenters. The van der Waals surface area contributed by atoms with Crippen molar-refractivity contribution < 1.29 is 19.1 Å². The third kappa shape index (κ3) is 3.79. The molecule has 0 heterocycles. The maximum atomic E-state index is 12.8. The highest BCUT2D eigenvalue weighted by atomic mass is 19.1. The van der Waals surface area contributed by atoms with E-state index in [0.717, 1.165) is 12.0 Å². The third-order valence-corrected chi connectivity index (χ3v) is 3.61. The first kappa shape index (κ1) is 14.5. The number of carboxylic acid groups (broad SMARTS) is 1. The lowest BCUT2D eigenvalue weighted by Crippen LogP contribution is -2.34. The Morgan fingerprint density at radius 1 is 1.40 bits per heavy atom. The monoisotopic (exact) mass is 279 g/mol. The zero-order chi connectivity index (χ0) is 14.7. The molecule has 0 bridgehead atoms. The van der Waals surface area contributed by atoms with Crippen LogP contribution < -0.4 is 5.32 Å². The molecule has 1 fully saturated rings. The van der Waals surface area contributed by atoms with E-state index in [9.17, 15) is 14.0 Å². The Morgan fingerprint density at radius 2 is 2.05 bits per heavy atom. The zero-order valence-corrected chi connectivity index (χ0v) is 11.3. The summed E-state index contributed by atoms with van der Waals surface area (Å²) >= 11 is 0. The summed E-state index contributed by atoms with van der Waals surface area (Å²) in [6.45, 7) is 1.80. The van der Waals surface area contributed by atoms with Crippen LogP contribution in [0, 0.1) is 11.7 Å². The molecule has 3 unspecified atom stereocenters. The Labute approximate surface area is 117 Å². The smallest absolute Gasteiger partial charge is 0.303 e. The van der Waals surface area contributed by atoms with Gasteiger partial charge >= 0.3 is 5.97 Å². The summed E-state index contributed by atoms with van der Waals surface area (Å²) in [6.07, 6.45) is 1.24. The lowest BCUT2D eigenvalue weighted by molar-refractivity contribution is -0.137. The van der Waals surface area contributed by atoms with Crippen molar-refractivity contribution in [3.63, 3.8) is 0 Å². The van der Waals surface area contributed by atoms with Gasteiger partial charge in [-0.15, -0.1) is 0 Å². The van der Waals surface area contributed by atoms with Gasteiger partial charge in [-0.25, -0.2) is 4.39 Å². The predicted molar refractivity (Wildman–Crippen MR) is 71.7 cm³/mol. The second-order valence-corrected chi connectivity index (χ2v) is 5.34. The molecule has 0 aromatic heterocycles. The van der Waals surface area contributed by atoms with Gasteiger partial charge in [0, 0.05) is 18.4 Å². The number of benzene rings is 1. The molecule has 2 N–H and O–H groups in total. The van der Waals surface area contributed by atoms with E-state index in [1.54, 1.807) is 19.1 Å². The highest BCUT2D eigenvalue weighted by Crippen LogP contribution is 2.47. The lowest BCUT2D eigenvalue weighted by Gasteiger charge is -2.12. The van der Waals surface area contributed by atoms with Gasteiger partial charge in [-0.1, -0.05) is 12.1 Å². The van der Waals surface area contributed by atoms with E-state index >= 15 is 0 Å². The highest BCUT2D eigenvalue weighted by Gasteiger charge is 2.44. The van der Waals surface area contributed by atoms with E-state index in [2.05, 4.69) is 5.32 Å². The lowest BCUT2D eigenvalue weighted by atomic mass is 10.1. The summed E-state index contributed by atoms with van der Waals surface area (Å²) < 4.78 is 12.8. The third-order valence-electron chi connectivity index (χ3n) is 3.61. The van der Waals surface area contributed by atoms with Crippen molar-refractivity contribution in [2.75, 3.05) is 0 Å². The van der Waals surface area contributed by atoms with E-state index in [4.69, 9.17) is 5.11 Å². The standard InChI is InChI=1S/C15H18FNO3/c1-9(2-7-14(18)19)17-15(20)13-8-12(13)10-3-5-11(16)6-4-10/h3-6,9,12-13H,2,7-8H2,1H3,(H,17,20)(H,18,19). The molecule has 1 aliphatic rings. The first-order valence-corrected chi connectivity index (χ1v) is 6.75. The highest BCUT2D eigenvalue weighted by molar-refractivity contribution is 5.83. The number of carboxylic acids is 1. The number of carbonyl (C=O) groups excluding carboxylic acids is 1. The summed E-state index contributed by atoms with van der Waals surface area (Å²) in [5.41, 5.74) is 0.977. The average molecular weight is 279 g/mol. The summed E-state index contributed by atoms with van der Waals surface area (Å²) in [5, 5.41) is 11.4. The molecule has 20 heavy (non-hydrogen) atoms. The number of aliphatic carboxylic acids is 1. The predicted octanol–water partition coefficient (Wildman–Crippen LogP) is 2.30. The van der Waals surface area contributed by atoms with Gasteiger partial charge in [-0.05, 0) is 43.4 Å². The molecule has 1 aromatic carbocycles. The molecule has 1 saturated carbocycles. The quantitative estimate of drug-likeness (QED) is 0.839. The van der Waals surface area contributed by atoms with Crippen molar-refractivity contribution in [3.8, 4) is 0 Å². The van der Waals surface area contributed by atoms with E-state index in [0.29, 0.717) is 6.42 Å². The van der Waals surface area contributed by atoms with Gasteiger partial charge in [0.15, 0.2) is 0 Å². The molecule has 2 rings (SSSR count). The fraction of sp³-hybridized carbons (Fsp3) is 0.467. The van der Waals surface area contributed by atoms with Crippen LogP contribution in [0.25, 0.3) is 0 Å². The van der Waals surface area contributed by atoms with Crippen LogP contribution in [0.5, 0.6) is 0 Å². The Bertz CT molecular complexity index is 500. The molecular formula is C15H18FNO3. The topological polar surface area (TPSA) is 66.4 Å².